The third-order valence-corrected chi connectivity index (χ3v) is 15.1. The molecular weight excluding hydrogens is 879 g/mol. The van der Waals surface area contributed by atoms with Crippen LogP contribution in [0.25, 0.3) is 117 Å². The second-order valence-electron chi connectivity index (χ2n) is 19.7. The Bertz CT molecular complexity index is 4610. The van der Waals surface area contributed by atoms with E-state index in [-0.39, 0.29) is 18.0 Å². The van der Waals surface area contributed by atoms with Crippen molar-refractivity contribution in [2.45, 2.75) is 81.3 Å². The smallest absolute Gasteiger partial charge is 0.163 e. The molecule has 12 heterocycles. The highest BCUT2D eigenvalue weighted by Crippen LogP contribution is 2.50. The lowest BCUT2D eigenvalue weighted by atomic mass is 9.80. The van der Waals surface area contributed by atoms with Crippen LogP contribution >= 0.6 is 0 Å². The number of benzene rings is 3. The number of amidine groups is 1. The van der Waals surface area contributed by atoms with Gasteiger partial charge < -0.3 is 0 Å². The lowest BCUT2D eigenvalue weighted by Crippen LogP contribution is -2.35. The molecule has 9 aromatic heterocycles. The van der Waals surface area contributed by atoms with Gasteiger partial charge in [-0.25, -0.2) is 49.8 Å². The fourth-order valence-corrected chi connectivity index (χ4v) is 11.1. The Labute approximate surface area is 405 Å². The monoisotopic (exact) mass is 925 g/mol. The Hall–Kier alpha value is -8.45. The predicted octanol–water partition coefficient (Wildman–Crippen LogP) is 8.26. The molecule has 15 rings (SSSR count). The first-order chi connectivity index (χ1) is 34.0. The predicted molar refractivity (Wildman–Crippen MR) is 284 cm³/mol. The van der Waals surface area contributed by atoms with Crippen LogP contribution in [0, 0.1) is 59.8 Å². The fraction of sp³-hybridized carbons (Fsp3) is 0.224. The maximum atomic E-state index is 7.71. The number of aromatic nitrogens is 9. The summed E-state index contributed by atoms with van der Waals surface area (Å²) in [5.74, 6) is 0.413. The molecule has 13 heteroatoms. The minimum atomic E-state index is 0.0271. The molecule has 344 valence electrons. The van der Waals surface area contributed by atoms with Gasteiger partial charge in [0.25, 0.3) is 0 Å². The van der Waals surface area contributed by atoms with Crippen LogP contribution in [0.3, 0.4) is 0 Å². The summed E-state index contributed by atoms with van der Waals surface area (Å²) in [7, 11) is 0. The molecule has 0 radical (unpaired) electrons. The number of hydrogen-bond acceptors (Lipinski definition) is 12. The molecule has 0 saturated carbocycles. The number of nitrogens with zero attached hydrogens (tertiary/aromatic N) is 12. The Morgan fingerprint density at radius 3 is 1.62 bits per heavy atom. The molecule has 0 amide bonds. The van der Waals surface area contributed by atoms with Crippen molar-refractivity contribution < 1.29 is 0 Å². The van der Waals surface area contributed by atoms with Gasteiger partial charge in [0, 0.05) is 82.9 Å². The lowest BCUT2D eigenvalue weighted by Gasteiger charge is -2.28. The molecule has 3 aliphatic rings. The number of hydrogen-bond donors (Lipinski definition) is 1. The van der Waals surface area contributed by atoms with Gasteiger partial charge >= 0.3 is 0 Å². The van der Waals surface area contributed by atoms with E-state index in [1.807, 2.05) is 39.0 Å². The first-order valence-electron chi connectivity index (χ1n) is 24.0. The van der Waals surface area contributed by atoms with Gasteiger partial charge in [0.1, 0.15) is 5.84 Å². The summed E-state index contributed by atoms with van der Waals surface area (Å²) in [6.07, 6.45) is 3.82. The maximum absolute atomic E-state index is 7.71. The van der Waals surface area contributed by atoms with Gasteiger partial charge in [-0.05, 0) is 153 Å². The molecule has 13 nitrogen and oxygen atoms in total. The third-order valence-electron chi connectivity index (χ3n) is 15.1. The van der Waals surface area contributed by atoms with Crippen molar-refractivity contribution >= 4 is 123 Å². The highest BCUT2D eigenvalue weighted by Gasteiger charge is 2.32. The summed E-state index contributed by atoms with van der Waals surface area (Å²) in [6.45, 7) is 28.6. The molecule has 0 spiro atoms. The molecule has 3 unspecified atom stereocenters. The number of pyridine rings is 9. The van der Waals surface area contributed by atoms with Gasteiger partial charge in [-0.3, -0.25) is 15.4 Å². The van der Waals surface area contributed by atoms with Crippen LogP contribution in [-0.4, -0.2) is 50.7 Å². The van der Waals surface area contributed by atoms with Crippen molar-refractivity contribution in [2.75, 3.05) is 0 Å². The van der Waals surface area contributed by atoms with Gasteiger partial charge in [-0.1, -0.05) is 38.3 Å². The first-order valence-corrected chi connectivity index (χ1v) is 24.0. The second kappa shape index (κ2) is 14.8. The summed E-state index contributed by atoms with van der Waals surface area (Å²) >= 11 is 0. The minimum Gasteiger partial charge on any atom is -0.286 e. The van der Waals surface area contributed by atoms with E-state index in [4.69, 9.17) is 35.3 Å². The molecular formula is C58H47N13. The van der Waals surface area contributed by atoms with Gasteiger partial charge in [-0.15, -0.1) is 0 Å². The van der Waals surface area contributed by atoms with Crippen LogP contribution in [0.5, 0.6) is 0 Å². The molecule has 3 aliphatic heterocycles. The quantitative estimate of drug-likeness (QED) is 0.116. The Morgan fingerprint density at radius 1 is 0.479 bits per heavy atom. The minimum absolute atomic E-state index is 0.0271. The van der Waals surface area contributed by atoms with Crippen molar-refractivity contribution in [1.82, 2.24) is 44.9 Å². The van der Waals surface area contributed by atoms with E-state index in [9.17, 15) is 0 Å². The number of fused-ring (bicyclic) bond motifs is 5. The first kappa shape index (κ1) is 42.6. The zero-order valence-electron chi connectivity index (χ0n) is 41.2. The largest absolute Gasteiger partial charge is 0.286 e. The van der Waals surface area contributed by atoms with Crippen LogP contribution in [-0.2, 0) is 0 Å². The van der Waals surface area contributed by atoms with E-state index in [0.717, 1.165) is 98.7 Å². The standard InChI is InChI=1S/C30H22N6.C15H13N3.C13H12N4/c1-9-11(3)31-27-23-17(9)18-10(2)12(4)32-28-24(18)22-21(23)25-19-15(13(5)33-29(25)35-27)7-8-16-14(6)34-30(36-28)26(22)20(16)19;1-8-5-12-7-13-6-9(2)11(4)17-15(13)18-14(12)16-10(8)3;1-7-3-9-5-10-4-8(2)11(14)16-13(10)17-12(9)15-6-7/h7-8,13-14H,1-6H3;5-7H,1,3H2,2,4H3;3-6,8,14H,1-2H3. The fourth-order valence-electron chi connectivity index (χ4n) is 11.1. The summed E-state index contributed by atoms with van der Waals surface area (Å²) in [5, 5.41) is 25.2. The van der Waals surface area contributed by atoms with E-state index in [2.05, 4.69) is 122 Å². The third kappa shape index (κ3) is 6.07. The van der Waals surface area contributed by atoms with E-state index >= 15 is 0 Å². The molecule has 0 bridgehead atoms. The molecule has 0 fully saturated rings. The van der Waals surface area contributed by atoms with Crippen molar-refractivity contribution in [2.24, 2.45) is 20.9 Å². The zero-order chi connectivity index (χ0) is 49.2. The highest BCUT2D eigenvalue weighted by molar-refractivity contribution is 6.44. The molecule has 12 aromatic rings. The van der Waals surface area contributed by atoms with Crippen LogP contribution < -0.4 is 32.2 Å². The second-order valence-corrected chi connectivity index (χ2v) is 19.7. The topological polar surface area (TPSA) is 177 Å². The van der Waals surface area contributed by atoms with E-state index in [1.165, 1.54) is 60.1 Å². The van der Waals surface area contributed by atoms with E-state index < -0.39 is 0 Å². The normalized spacial score (nSPS) is 16.8. The van der Waals surface area contributed by atoms with Crippen molar-refractivity contribution in [3.8, 4) is 0 Å². The molecule has 0 saturated heterocycles. The van der Waals surface area contributed by atoms with Gasteiger partial charge in [-0.2, -0.15) is 0 Å². The Kier molecular flexibility index (Phi) is 8.88. The van der Waals surface area contributed by atoms with Gasteiger partial charge in [0.05, 0.1) is 17.4 Å². The Morgan fingerprint density at radius 2 is 1.01 bits per heavy atom. The van der Waals surface area contributed by atoms with Crippen molar-refractivity contribution in [1.29, 1.82) is 5.41 Å². The number of rotatable bonds is 0. The van der Waals surface area contributed by atoms with Crippen LogP contribution in [0.15, 0.2) is 63.6 Å². The lowest BCUT2D eigenvalue weighted by molar-refractivity contribution is 0.768. The maximum Gasteiger partial charge on any atom is 0.163 e. The van der Waals surface area contributed by atoms with E-state index in [0.29, 0.717) is 28.0 Å². The summed E-state index contributed by atoms with van der Waals surface area (Å²) in [4.78, 5) is 56.7. The molecule has 1 N–H and O–H groups in total. The average Bonchev–Trinajstić information content (AvgIpc) is 3.33. The number of aryl methyl sites for hydroxylation is 7. The van der Waals surface area contributed by atoms with Crippen LogP contribution in [0.2, 0.25) is 0 Å². The summed E-state index contributed by atoms with van der Waals surface area (Å²) in [5.41, 5.74) is 16.1. The highest BCUT2D eigenvalue weighted by atomic mass is 15.0. The summed E-state index contributed by atoms with van der Waals surface area (Å²) in [6, 6.07) is 14.8. The van der Waals surface area contributed by atoms with Gasteiger partial charge in [0.2, 0.25) is 0 Å². The van der Waals surface area contributed by atoms with Crippen molar-refractivity contribution in [3.63, 3.8) is 0 Å². The molecule has 3 aromatic carbocycles. The van der Waals surface area contributed by atoms with Crippen LogP contribution in [0.1, 0.15) is 83.3 Å². The van der Waals surface area contributed by atoms with Gasteiger partial charge in [0.15, 0.2) is 44.7 Å². The average molecular weight is 926 g/mol. The van der Waals surface area contributed by atoms with Crippen LogP contribution in [0.4, 0.5) is 0 Å². The van der Waals surface area contributed by atoms with Crippen molar-refractivity contribution in [3.05, 3.63) is 131 Å². The molecule has 71 heavy (non-hydrogen) atoms. The zero-order valence-corrected chi connectivity index (χ0v) is 41.2. The summed E-state index contributed by atoms with van der Waals surface area (Å²) < 4.78 is 0. The number of nitrogens with one attached hydrogen (secondary N) is 1. The molecule has 3 atom stereocenters. The molecule has 0 aliphatic carbocycles. The van der Waals surface area contributed by atoms with E-state index in [1.54, 1.807) is 6.20 Å². The SMILES string of the molecule is C=c1cc2cc3cc(C)c(C)nc3nc2nc1=C.Cc1cnc2nc3c(cc2c1)=CC(C)C(=N)N=3.Cc1nc2nc3c4c5c(ccc6c5c5c(nc7nc(C)c(C)c8c(c1C)c2c4c5c78)=NC6C)C(C)N=3. The Balaban J connectivity index is 0.000000118.